The minimum absolute atomic E-state index is 0.0811. The minimum atomic E-state index is -0.0811. The average Bonchev–Trinajstić information content (AvgIpc) is 3.02. The predicted molar refractivity (Wildman–Crippen MR) is 76.2 cm³/mol. The topological polar surface area (TPSA) is 59.9 Å². The Hall–Kier alpha value is -2.82. The zero-order valence-electron chi connectivity index (χ0n) is 10.9. The number of aromatic nitrogens is 3. The fraction of sp³-hybridized carbons (Fsp3) is 0.0667. The second-order valence-electron chi connectivity index (χ2n) is 4.31. The van der Waals surface area contributed by atoms with Crippen molar-refractivity contribution in [3.8, 4) is 22.6 Å². The quantitative estimate of drug-likeness (QED) is 0.791. The van der Waals surface area contributed by atoms with Crippen LogP contribution in [0.3, 0.4) is 0 Å². The summed E-state index contributed by atoms with van der Waals surface area (Å²) in [4.78, 5) is 12.0. The van der Waals surface area contributed by atoms with E-state index in [0.29, 0.717) is 0 Å². The lowest BCUT2D eigenvalue weighted by molar-refractivity contribution is 0.414. The SMILES string of the molecule is COc1ccc(-n2cc(-c3cn[nH]c3)ccc2=O)cc1. The fourth-order valence-corrected chi connectivity index (χ4v) is 2.01. The Balaban J connectivity index is 2.08. The van der Waals surface area contributed by atoms with Gasteiger partial charge in [0.1, 0.15) is 5.75 Å². The summed E-state index contributed by atoms with van der Waals surface area (Å²) >= 11 is 0. The molecule has 0 amide bonds. The number of aromatic amines is 1. The highest BCUT2D eigenvalue weighted by atomic mass is 16.5. The molecule has 5 nitrogen and oxygen atoms in total. The van der Waals surface area contributed by atoms with Gasteiger partial charge in [0.15, 0.2) is 0 Å². The van der Waals surface area contributed by atoms with Crippen molar-refractivity contribution in [1.29, 1.82) is 0 Å². The third-order valence-corrected chi connectivity index (χ3v) is 3.09. The predicted octanol–water partition coefficient (Wildman–Crippen LogP) is 2.24. The summed E-state index contributed by atoms with van der Waals surface area (Å²) in [6.45, 7) is 0. The Bertz CT molecular complexity index is 759. The number of methoxy groups -OCH3 is 1. The summed E-state index contributed by atoms with van der Waals surface area (Å²) in [5.41, 5.74) is 2.57. The van der Waals surface area contributed by atoms with Gasteiger partial charge in [0, 0.05) is 35.3 Å². The summed E-state index contributed by atoms with van der Waals surface area (Å²) < 4.78 is 6.72. The lowest BCUT2D eigenvalue weighted by Crippen LogP contribution is -2.16. The van der Waals surface area contributed by atoms with E-state index in [1.165, 1.54) is 0 Å². The molecule has 100 valence electrons. The van der Waals surface area contributed by atoms with E-state index in [1.807, 2.05) is 24.3 Å². The summed E-state index contributed by atoms with van der Waals surface area (Å²) in [5, 5.41) is 6.68. The van der Waals surface area contributed by atoms with Crippen LogP contribution in [0.1, 0.15) is 0 Å². The van der Waals surface area contributed by atoms with Crippen LogP contribution in [-0.4, -0.2) is 21.9 Å². The van der Waals surface area contributed by atoms with Crippen molar-refractivity contribution in [2.24, 2.45) is 0 Å². The maximum absolute atomic E-state index is 12.0. The van der Waals surface area contributed by atoms with E-state index >= 15 is 0 Å². The van der Waals surface area contributed by atoms with Gasteiger partial charge in [-0.05, 0) is 30.3 Å². The largest absolute Gasteiger partial charge is 0.497 e. The van der Waals surface area contributed by atoms with Crippen LogP contribution in [0.2, 0.25) is 0 Å². The van der Waals surface area contributed by atoms with Gasteiger partial charge in [0.2, 0.25) is 0 Å². The van der Waals surface area contributed by atoms with Crippen LogP contribution in [0.25, 0.3) is 16.8 Å². The lowest BCUT2D eigenvalue weighted by atomic mass is 10.1. The van der Waals surface area contributed by atoms with Gasteiger partial charge in [0.05, 0.1) is 13.3 Å². The summed E-state index contributed by atoms with van der Waals surface area (Å²) in [6.07, 6.45) is 5.31. The molecular formula is C15H13N3O2. The summed E-state index contributed by atoms with van der Waals surface area (Å²) in [6, 6.07) is 10.7. The van der Waals surface area contributed by atoms with Crippen LogP contribution >= 0.6 is 0 Å². The molecule has 0 unspecified atom stereocenters. The summed E-state index contributed by atoms with van der Waals surface area (Å²) in [5.74, 6) is 0.757. The lowest BCUT2D eigenvalue weighted by Gasteiger charge is -2.08. The molecule has 0 aliphatic carbocycles. The highest BCUT2D eigenvalue weighted by molar-refractivity contribution is 5.60. The van der Waals surface area contributed by atoms with Crippen LogP contribution < -0.4 is 10.3 Å². The van der Waals surface area contributed by atoms with Crippen LogP contribution in [0, 0.1) is 0 Å². The minimum Gasteiger partial charge on any atom is -0.497 e. The Labute approximate surface area is 115 Å². The first-order valence-electron chi connectivity index (χ1n) is 6.14. The van der Waals surface area contributed by atoms with Gasteiger partial charge in [-0.25, -0.2) is 0 Å². The van der Waals surface area contributed by atoms with Crippen molar-refractivity contribution in [2.75, 3.05) is 7.11 Å². The van der Waals surface area contributed by atoms with E-state index in [9.17, 15) is 4.79 Å². The molecule has 0 aliphatic rings. The van der Waals surface area contributed by atoms with Gasteiger partial charge >= 0.3 is 0 Å². The molecule has 1 aromatic carbocycles. The third-order valence-electron chi connectivity index (χ3n) is 3.09. The first-order chi connectivity index (χ1) is 9.78. The Morgan fingerprint density at radius 3 is 2.55 bits per heavy atom. The van der Waals surface area contributed by atoms with Crippen LogP contribution in [0.4, 0.5) is 0 Å². The van der Waals surface area contributed by atoms with Crippen molar-refractivity contribution < 1.29 is 4.74 Å². The number of ether oxygens (including phenoxy) is 1. The number of benzene rings is 1. The zero-order valence-corrected chi connectivity index (χ0v) is 10.9. The van der Waals surface area contributed by atoms with E-state index in [2.05, 4.69) is 10.2 Å². The van der Waals surface area contributed by atoms with Crippen molar-refractivity contribution in [2.45, 2.75) is 0 Å². The smallest absolute Gasteiger partial charge is 0.255 e. The molecule has 2 aromatic heterocycles. The number of hydrogen-bond acceptors (Lipinski definition) is 3. The maximum atomic E-state index is 12.0. The number of H-pyrrole nitrogens is 1. The average molecular weight is 267 g/mol. The number of pyridine rings is 1. The molecule has 0 aliphatic heterocycles. The van der Waals surface area contributed by atoms with Crippen molar-refractivity contribution >= 4 is 0 Å². The molecule has 0 saturated heterocycles. The molecule has 0 fully saturated rings. The van der Waals surface area contributed by atoms with Crippen LogP contribution in [0.15, 0.2) is 59.8 Å². The molecule has 3 rings (SSSR count). The van der Waals surface area contributed by atoms with E-state index in [1.54, 1.807) is 42.4 Å². The van der Waals surface area contributed by atoms with Crippen molar-refractivity contribution in [3.63, 3.8) is 0 Å². The van der Waals surface area contributed by atoms with Crippen molar-refractivity contribution in [3.05, 3.63) is 65.3 Å². The monoisotopic (exact) mass is 267 g/mol. The van der Waals surface area contributed by atoms with Crippen LogP contribution in [-0.2, 0) is 0 Å². The molecule has 0 bridgehead atoms. The van der Waals surface area contributed by atoms with Crippen molar-refractivity contribution in [1.82, 2.24) is 14.8 Å². The van der Waals surface area contributed by atoms with Crippen LogP contribution in [0.5, 0.6) is 5.75 Å². The molecule has 0 saturated carbocycles. The van der Waals surface area contributed by atoms with Gasteiger partial charge in [0.25, 0.3) is 5.56 Å². The maximum Gasteiger partial charge on any atom is 0.255 e. The normalized spacial score (nSPS) is 10.4. The van der Waals surface area contributed by atoms with E-state index in [4.69, 9.17) is 4.74 Å². The molecule has 2 heterocycles. The van der Waals surface area contributed by atoms with Gasteiger partial charge in [-0.15, -0.1) is 0 Å². The van der Waals surface area contributed by atoms with Gasteiger partial charge in [-0.2, -0.15) is 5.10 Å². The number of rotatable bonds is 3. The number of hydrogen-bond donors (Lipinski definition) is 1. The molecule has 0 spiro atoms. The second-order valence-corrected chi connectivity index (χ2v) is 4.31. The first-order valence-corrected chi connectivity index (χ1v) is 6.14. The standard InChI is InChI=1S/C15H13N3O2/c1-20-14-5-3-13(4-6-14)18-10-11(2-7-15(18)19)12-8-16-17-9-12/h2-10H,1H3,(H,16,17). The highest BCUT2D eigenvalue weighted by Gasteiger charge is 2.04. The fourth-order valence-electron chi connectivity index (χ4n) is 2.01. The molecule has 5 heteroatoms. The van der Waals surface area contributed by atoms with Gasteiger partial charge < -0.3 is 4.74 Å². The van der Waals surface area contributed by atoms with E-state index in [0.717, 1.165) is 22.6 Å². The molecule has 0 atom stereocenters. The number of nitrogens with zero attached hydrogens (tertiary/aromatic N) is 2. The van der Waals surface area contributed by atoms with Gasteiger partial charge in [-0.3, -0.25) is 14.5 Å². The molecule has 20 heavy (non-hydrogen) atoms. The van der Waals surface area contributed by atoms with E-state index < -0.39 is 0 Å². The second kappa shape index (κ2) is 5.05. The Morgan fingerprint density at radius 1 is 1.10 bits per heavy atom. The van der Waals surface area contributed by atoms with E-state index in [-0.39, 0.29) is 5.56 Å². The molecular weight excluding hydrogens is 254 g/mol. The van der Waals surface area contributed by atoms with Gasteiger partial charge in [-0.1, -0.05) is 0 Å². The zero-order chi connectivity index (χ0) is 13.9. The molecule has 3 aromatic rings. The molecule has 0 radical (unpaired) electrons. The highest BCUT2D eigenvalue weighted by Crippen LogP contribution is 2.18. The molecule has 1 N–H and O–H groups in total. The number of nitrogens with one attached hydrogen (secondary N) is 1. The third kappa shape index (κ3) is 2.21. The first kappa shape index (κ1) is 12.2. The Kier molecular flexibility index (Phi) is 3.09. The summed E-state index contributed by atoms with van der Waals surface area (Å²) in [7, 11) is 1.61. The Morgan fingerprint density at radius 2 is 1.90 bits per heavy atom.